The number of halogens is 5. The number of amides is 1. The molecule has 2 N–H and O–H groups in total. The van der Waals surface area contributed by atoms with Gasteiger partial charge in [0.2, 0.25) is 5.91 Å². The number of hydrogen-bond acceptors (Lipinski definition) is 2. The van der Waals surface area contributed by atoms with E-state index in [1.807, 2.05) is 5.32 Å². The molecule has 1 aliphatic rings. The highest BCUT2D eigenvalue weighted by molar-refractivity contribution is 5.96. The van der Waals surface area contributed by atoms with Crippen LogP contribution in [0.3, 0.4) is 0 Å². The number of alkyl halides is 3. The van der Waals surface area contributed by atoms with Crippen molar-refractivity contribution in [2.24, 2.45) is 5.41 Å². The number of benzene rings is 1. The molecule has 3 nitrogen and oxygen atoms in total. The van der Waals surface area contributed by atoms with Crippen LogP contribution in [0.25, 0.3) is 0 Å². The van der Waals surface area contributed by atoms with Crippen molar-refractivity contribution in [3.8, 4) is 0 Å². The predicted molar refractivity (Wildman–Crippen MR) is 61.0 cm³/mol. The molecular formula is C12H11F5N2O. The van der Waals surface area contributed by atoms with E-state index in [4.69, 9.17) is 0 Å². The van der Waals surface area contributed by atoms with Crippen LogP contribution in [0.4, 0.5) is 27.6 Å². The van der Waals surface area contributed by atoms with Crippen LogP contribution >= 0.6 is 0 Å². The smallest absolute Gasteiger partial charge is 0.323 e. The van der Waals surface area contributed by atoms with Gasteiger partial charge >= 0.3 is 6.18 Å². The van der Waals surface area contributed by atoms with E-state index in [0.717, 1.165) is 18.2 Å². The lowest BCUT2D eigenvalue weighted by Gasteiger charge is -2.29. The van der Waals surface area contributed by atoms with Crippen LogP contribution in [0.15, 0.2) is 18.2 Å². The third kappa shape index (κ3) is 2.35. The molecule has 110 valence electrons. The van der Waals surface area contributed by atoms with E-state index in [0.29, 0.717) is 0 Å². The summed E-state index contributed by atoms with van der Waals surface area (Å²) in [7, 11) is 0. The second kappa shape index (κ2) is 5.01. The van der Waals surface area contributed by atoms with E-state index in [1.165, 1.54) is 0 Å². The summed E-state index contributed by atoms with van der Waals surface area (Å²) in [6.07, 6.45) is -5.22. The third-order valence-electron chi connectivity index (χ3n) is 3.33. The third-order valence-corrected chi connectivity index (χ3v) is 3.33. The van der Waals surface area contributed by atoms with Crippen molar-refractivity contribution in [1.29, 1.82) is 0 Å². The molecule has 0 aromatic heterocycles. The number of anilines is 1. The Morgan fingerprint density at radius 1 is 1.30 bits per heavy atom. The molecule has 1 aromatic carbocycles. The highest BCUT2D eigenvalue weighted by Crippen LogP contribution is 2.43. The monoisotopic (exact) mass is 294 g/mol. The van der Waals surface area contributed by atoms with Gasteiger partial charge in [-0.05, 0) is 25.1 Å². The van der Waals surface area contributed by atoms with Crippen molar-refractivity contribution in [1.82, 2.24) is 5.32 Å². The average Bonchev–Trinajstić information content (AvgIpc) is 2.85. The second-order valence-electron chi connectivity index (χ2n) is 4.56. The van der Waals surface area contributed by atoms with Crippen molar-refractivity contribution >= 4 is 11.6 Å². The standard InChI is InChI=1S/C12H11F5N2O/c13-7-2-1-3-8(9(7)14)19-10(20)11(12(15,16)17)4-5-18-6-11/h1-3,18H,4-6H2,(H,19,20). The molecule has 1 saturated heterocycles. The highest BCUT2D eigenvalue weighted by atomic mass is 19.4. The Kier molecular flexibility index (Phi) is 3.68. The molecule has 1 unspecified atom stereocenters. The van der Waals surface area contributed by atoms with Crippen LogP contribution in [0.5, 0.6) is 0 Å². The maximum absolute atomic E-state index is 13.4. The Labute approximate surface area is 111 Å². The number of nitrogens with one attached hydrogen (secondary N) is 2. The molecule has 1 heterocycles. The molecule has 0 bridgehead atoms. The number of carbonyl (C=O) groups is 1. The first-order valence-electron chi connectivity index (χ1n) is 5.81. The van der Waals surface area contributed by atoms with Gasteiger partial charge in [-0.25, -0.2) is 8.78 Å². The van der Waals surface area contributed by atoms with E-state index >= 15 is 0 Å². The normalized spacial score (nSPS) is 22.9. The first kappa shape index (κ1) is 14.7. The van der Waals surface area contributed by atoms with Gasteiger partial charge in [0.05, 0.1) is 5.69 Å². The van der Waals surface area contributed by atoms with E-state index in [9.17, 15) is 26.7 Å². The van der Waals surface area contributed by atoms with E-state index in [1.54, 1.807) is 0 Å². The minimum Gasteiger partial charge on any atom is -0.323 e. The van der Waals surface area contributed by atoms with Gasteiger partial charge in [0.15, 0.2) is 17.0 Å². The lowest BCUT2D eigenvalue weighted by atomic mass is 9.85. The zero-order valence-corrected chi connectivity index (χ0v) is 10.2. The number of carbonyl (C=O) groups excluding carboxylic acids is 1. The van der Waals surface area contributed by atoms with E-state index in [-0.39, 0.29) is 6.54 Å². The first-order valence-corrected chi connectivity index (χ1v) is 5.81. The fourth-order valence-electron chi connectivity index (χ4n) is 2.10. The van der Waals surface area contributed by atoms with Gasteiger partial charge in [0, 0.05) is 6.54 Å². The Balaban J connectivity index is 2.29. The Hall–Kier alpha value is -1.70. The fourth-order valence-corrected chi connectivity index (χ4v) is 2.10. The molecule has 1 aromatic rings. The van der Waals surface area contributed by atoms with Gasteiger partial charge in [-0.15, -0.1) is 0 Å². The van der Waals surface area contributed by atoms with E-state index in [2.05, 4.69) is 5.32 Å². The van der Waals surface area contributed by atoms with Gasteiger partial charge in [-0.2, -0.15) is 13.2 Å². The Bertz CT molecular complexity index is 523. The van der Waals surface area contributed by atoms with Crippen LogP contribution in [0.1, 0.15) is 6.42 Å². The van der Waals surface area contributed by atoms with Crippen LogP contribution in [-0.2, 0) is 4.79 Å². The summed E-state index contributed by atoms with van der Waals surface area (Å²) < 4.78 is 65.6. The molecule has 0 saturated carbocycles. The second-order valence-corrected chi connectivity index (χ2v) is 4.56. The molecule has 1 atom stereocenters. The number of hydrogen-bond donors (Lipinski definition) is 2. The van der Waals surface area contributed by atoms with Crippen molar-refractivity contribution in [2.75, 3.05) is 18.4 Å². The van der Waals surface area contributed by atoms with Gasteiger partial charge in [-0.3, -0.25) is 4.79 Å². The summed E-state index contributed by atoms with van der Waals surface area (Å²) in [4.78, 5) is 11.9. The van der Waals surface area contributed by atoms with Gasteiger partial charge in [0.1, 0.15) is 0 Å². The maximum Gasteiger partial charge on any atom is 0.404 e. The topological polar surface area (TPSA) is 41.1 Å². The fraction of sp³-hybridized carbons (Fsp3) is 0.417. The lowest BCUT2D eigenvalue weighted by molar-refractivity contribution is -0.213. The predicted octanol–water partition coefficient (Wildman–Crippen LogP) is 2.45. The molecule has 2 rings (SSSR count). The summed E-state index contributed by atoms with van der Waals surface area (Å²) >= 11 is 0. The van der Waals surface area contributed by atoms with Crippen molar-refractivity contribution in [3.63, 3.8) is 0 Å². The summed E-state index contributed by atoms with van der Waals surface area (Å²) in [6.45, 7) is -0.558. The van der Waals surface area contributed by atoms with Gasteiger partial charge < -0.3 is 10.6 Å². The van der Waals surface area contributed by atoms with Gasteiger partial charge in [0.25, 0.3) is 0 Å². The maximum atomic E-state index is 13.4. The molecule has 0 spiro atoms. The summed E-state index contributed by atoms with van der Waals surface area (Å²) in [5.41, 5.74) is -3.23. The lowest BCUT2D eigenvalue weighted by Crippen LogP contribution is -2.49. The Morgan fingerprint density at radius 3 is 2.55 bits per heavy atom. The van der Waals surface area contributed by atoms with Crippen molar-refractivity contribution < 1.29 is 26.7 Å². The molecule has 1 amide bonds. The molecule has 8 heteroatoms. The van der Waals surface area contributed by atoms with Crippen LogP contribution in [0.2, 0.25) is 0 Å². The van der Waals surface area contributed by atoms with Gasteiger partial charge in [-0.1, -0.05) is 6.07 Å². The van der Waals surface area contributed by atoms with E-state index < -0.39 is 47.8 Å². The van der Waals surface area contributed by atoms with Crippen LogP contribution in [0, 0.1) is 17.0 Å². The minimum absolute atomic E-state index is 0.0264. The zero-order valence-electron chi connectivity index (χ0n) is 10.2. The van der Waals surface area contributed by atoms with Crippen LogP contribution < -0.4 is 10.6 Å². The minimum atomic E-state index is -4.77. The highest BCUT2D eigenvalue weighted by Gasteiger charge is 2.61. The van der Waals surface area contributed by atoms with Crippen molar-refractivity contribution in [3.05, 3.63) is 29.8 Å². The SMILES string of the molecule is O=C(Nc1cccc(F)c1F)C1(C(F)(F)F)CCNC1. The molecule has 1 aliphatic heterocycles. The quantitative estimate of drug-likeness (QED) is 0.823. The molecular weight excluding hydrogens is 283 g/mol. The Morgan fingerprint density at radius 2 is 2.00 bits per heavy atom. The first-order chi connectivity index (χ1) is 9.28. The summed E-state index contributed by atoms with van der Waals surface area (Å²) in [5, 5.41) is 4.29. The molecule has 0 aliphatic carbocycles. The number of rotatable bonds is 2. The van der Waals surface area contributed by atoms with Crippen molar-refractivity contribution in [2.45, 2.75) is 12.6 Å². The zero-order chi connectivity index (χ0) is 15.0. The molecule has 1 fully saturated rings. The summed E-state index contributed by atoms with van der Waals surface area (Å²) in [6, 6.07) is 2.91. The molecule has 20 heavy (non-hydrogen) atoms. The molecule has 0 radical (unpaired) electrons. The summed E-state index contributed by atoms with van der Waals surface area (Å²) in [5.74, 6) is -4.02. The average molecular weight is 294 g/mol. The largest absolute Gasteiger partial charge is 0.404 e. The van der Waals surface area contributed by atoms with Crippen LogP contribution in [-0.4, -0.2) is 25.2 Å².